The molecule has 2 aromatic rings. The number of ether oxygens (including phenoxy) is 1. The summed E-state index contributed by atoms with van der Waals surface area (Å²) in [6.07, 6.45) is -1.23. The van der Waals surface area contributed by atoms with Gasteiger partial charge in [0, 0.05) is 19.8 Å². The van der Waals surface area contributed by atoms with Crippen molar-refractivity contribution in [1.29, 1.82) is 0 Å². The normalized spacial score (nSPS) is 12.5. The average Bonchev–Trinajstić information content (AvgIpc) is 2.63. The molecule has 9 heteroatoms. The van der Waals surface area contributed by atoms with Crippen LogP contribution in [0.2, 0.25) is 0 Å². The van der Waals surface area contributed by atoms with E-state index in [-0.39, 0.29) is 4.90 Å². The van der Waals surface area contributed by atoms with Crippen LogP contribution in [0, 0.1) is 19.7 Å². The highest BCUT2D eigenvalue weighted by Gasteiger charge is 2.25. The van der Waals surface area contributed by atoms with Gasteiger partial charge in [-0.15, -0.1) is 0 Å². The Morgan fingerprint density at radius 2 is 1.76 bits per heavy atom. The third-order valence-corrected chi connectivity index (χ3v) is 6.04. The van der Waals surface area contributed by atoms with Gasteiger partial charge in [0.25, 0.3) is 5.91 Å². The van der Waals surface area contributed by atoms with Gasteiger partial charge in [0.15, 0.2) is 6.10 Å². The number of nitrogens with zero attached hydrogens (tertiary/aromatic N) is 1. The minimum absolute atomic E-state index is 0.261. The molecule has 0 fully saturated rings. The molecule has 0 radical (unpaired) electrons. The molecular formula is C20H23FN2O5S. The Kier molecular flexibility index (Phi) is 6.76. The maximum Gasteiger partial charge on any atom is 0.341 e. The second-order valence-corrected chi connectivity index (χ2v) is 8.94. The van der Waals surface area contributed by atoms with Crippen LogP contribution < -0.4 is 5.32 Å². The number of sulfonamides is 1. The molecule has 29 heavy (non-hydrogen) atoms. The van der Waals surface area contributed by atoms with Crippen LogP contribution in [0.3, 0.4) is 0 Å². The molecule has 1 N–H and O–H groups in total. The van der Waals surface area contributed by atoms with Crippen LogP contribution in [0.1, 0.15) is 28.4 Å². The van der Waals surface area contributed by atoms with Gasteiger partial charge in [0.05, 0.1) is 10.5 Å². The Balaban J connectivity index is 2.17. The molecule has 1 amide bonds. The first-order valence-corrected chi connectivity index (χ1v) is 10.2. The molecule has 1 atom stereocenters. The van der Waals surface area contributed by atoms with Crippen molar-refractivity contribution in [2.45, 2.75) is 31.8 Å². The van der Waals surface area contributed by atoms with Crippen molar-refractivity contribution in [3.05, 3.63) is 58.9 Å². The predicted octanol–water partition coefficient (Wildman–Crippen LogP) is 2.88. The molecule has 0 spiro atoms. The third kappa shape index (κ3) is 5.18. The van der Waals surface area contributed by atoms with Crippen LogP contribution in [0.15, 0.2) is 41.3 Å². The smallest absolute Gasteiger partial charge is 0.341 e. The van der Waals surface area contributed by atoms with Crippen LogP contribution in [-0.2, 0) is 19.6 Å². The van der Waals surface area contributed by atoms with Gasteiger partial charge in [-0.05, 0) is 50.6 Å². The molecule has 2 aromatic carbocycles. The van der Waals surface area contributed by atoms with Crippen LogP contribution in [0.25, 0.3) is 0 Å². The van der Waals surface area contributed by atoms with Crippen molar-refractivity contribution < 1.29 is 27.1 Å². The number of hydrogen-bond donors (Lipinski definition) is 1. The molecule has 0 saturated heterocycles. The summed E-state index contributed by atoms with van der Waals surface area (Å²) >= 11 is 0. The Hall–Kier alpha value is -2.78. The molecule has 2 rings (SSSR count). The number of nitrogens with one attached hydrogen (secondary N) is 1. The number of rotatable bonds is 6. The van der Waals surface area contributed by atoms with E-state index in [1.165, 1.54) is 21.0 Å². The zero-order valence-corrected chi connectivity index (χ0v) is 17.6. The first-order valence-electron chi connectivity index (χ1n) is 8.74. The summed E-state index contributed by atoms with van der Waals surface area (Å²) in [7, 11) is -1.23. The Morgan fingerprint density at radius 1 is 1.10 bits per heavy atom. The lowest BCUT2D eigenvalue weighted by atomic mass is 10.1. The maximum absolute atomic E-state index is 14.1. The van der Waals surface area contributed by atoms with Gasteiger partial charge in [0.2, 0.25) is 10.0 Å². The first kappa shape index (κ1) is 22.5. The number of benzene rings is 2. The minimum atomic E-state index is -3.86. The zero-order valence-electron chi connectivity index (χ0n) is 16.8. The molecular weight excluding hydrogens is 399 g/mol. The van der Waals surface area contributed by atoms with Gasteiger partial charge in [-0.2, -0.15) is 0 Å². The van der Waals surface area contributed by atoms with Crippen molar-refractivity contribution in [3.63, 3.8) is 0 Å². The summed E-state index contributed by atoms with van der Waals surface area (Å²) in [4.78, 5) is 24.4. The van der Waals surface area contributed by atoms with Gasteiger partial charge in [0.1, 0.15) is 5.82 Å². The van der Waals surface area contributed by atoms with Gasteiger partial charge in [-0.1, -0.05) is 17.7 Å². The largest absolute Gasteiger partial charge is 0.449 e. The van der Waals surface area contributed by atoms with Crippen molar-refractivity contribution in [3.8, 4) is 0 Å². The molecule has 156 valence electrons. The second kappa shape index (κ2) is 8.71. The highest BCUT2D eigenvalue weighted by Crippen LogP contribution is 2.20. The van der Waals surface area contributed by atoms with E-state index in [4.69, 9.17) is 4.74 Å². The van der Waals surface area contributed by atoms with E-state index in [1.54, 1.807) is 6.07 Å². The summed E-state index contributed by atoms with van der Waals surface area (Å²) in [5.41, 5.74) is 1.86. The Bertz CT molecular complexity index is 1050. The fraction of sp³-hybridized carbons (Fsp3) is 0.300. The van der Waals surface area contributed by atoms with Crippen molar-refractivity contribution in [2.24, 2.45) is 0 Å². The van der Waals surface area contributed by atoms with Crippen LogP contribution in [0.4, 0.5) is 10.1 Å². The van der Waals surface area contributed by atoms with Crippen LogP contribution >= 0.6 is 0 Å². The van der Waals surface area contributed by atoms with Crippen molar-refractivity contribution in [2.75, 3.05) is 19.4 Å². The highest BCUT2D eigenvalue weighted by atomic mass is 32.2. The molecule has 0 saturated carbocycles. The third-order valence-electron chi connectivity index (χ3n) is 4.23. The number of hydrogen-bond acceptors (Lipinski definition) is 5. The SMILES string of the molecule is Cc1ccc(NC(=O)[C@@H](C)OC(=O)c2cc(S(=O)(=O)N(C)C)ccc2F)c(C)c1. The average molecular weight is 422 g/mol. The van der Waals surface area contributed by atoms with Crippen LogP contribution in [0.5, 0.6) is 0 Å². The summed E-state index contributed by atoms with van der Waals surface area (Å²) in [6.45, 7) is 5.09. The number of anilines is 1. The van der Waals surface area contributed by atoms with E-state index in [0.29, 0.717) is 5.69 Å². The van der Waals surface area contributed by atoms with Crippen molar-refractivity contribution >= 4 is 27.6 Å². The minimum Gasteiger partial charge on any atom is -0.449 e. The highest BCUT2D eigenvalue weighted by molar-refractivity contribution is 7.89. The molecule has 0 heterocycles. The van der Waals surface area contributed by atoms with Crippen molar-refractivity contribution in [1.82, 2.24) is 4.31 Å². The van der Waals surface area contributed by atoms with Gasteiger partial charge >= 0.3 is 5.97 Å². The summed E-state index contributed by atoms with van der Waals surface area (Å²) < 4.78 is 44.5. The van der Waals surface area contributed by atoms with Gasteiger partial charge < -0.3 is 10.1 Å². The molecule has 7 nitrogen and oxygen atoms in total. The van der Waals surface area contributed by atoms with E-state index in [1.807, 2.05) is 26.0 Å². The van der Waals surface area contributed by atoms with E-state index in [0.717, 1.165) is 33.6 Å². The van der Waals surface area contributed by atoms with E-state index >= 15 is 0 Å². The fourth-order valence-corrected chi connectivity index (χ4v) is 3.43. The van der Waals surface area contributed by atoms with Gasteiger partial charge in [-0.25, -0.2) is 21.9 Å². The lowest BCUT2D eigenvalue weighted by Crippen LogP contribution is -2.30. The molecule has 0 aliphatic heterocycles. The van der Waals surface area contributed by atoms with E-state index in [2.05, 4.69) is 5.32 Å². The molecule has 0 unspecified atom stereocenters. The summed E-state index contributed by atoms with van der Waals surface area (Å²) in [6, 6.07) is 8.25. The number of carbonyl (C=O) groups excluding carboxylic acids is 2. The zero-order chi connectivity index (χ0) is 21.9. The lowest BCUT2D eigenvalue weighted by Gasteiger charge is -2.16. The number of esters is 1. The number of amides is 1. The van der Waals surface area contributed by atoms with Crippen LogP contribution in [-0.4, -0.2) is 44.8 Å². The number of aryl methyl sites for hydroxylation is 2. The topological polar surface area (TPSA) is 92.8 Å². The molecule has 0 aliphatic carbocycles. The standard InChI is InChI=1S/C20H23FN2O5S/c1-12-6-9-18(13(2)10-12)22-19(24)14(3)28-20(25)16-11-15(7-8-17(16)21)29(26,27)23(4)5/h6-11,14H,1-5H3,(H,22,24)/t14-/m1/s1. The summed E-state index contributed by atoms with van der Waals surface area (Å²) in [5, 5.41) is 2.65. The Morgan fingerprint density at radius 3 is 2.34 bits per heavy atom. The number of carbonyl (C=O) groups is 2. The first-order chi connectivity index (χ1) is 13.4. The fourth-order valence-electron chi connectivity index (χ4n) is 2.50. The number of halogens is 1. The molecule has 0 bridgehead atoms. The molecule has 0 aromatic heterocycles. The monoisotopic (exact) mass is 422 g/mol. The predicted molar refractivity (Wildman–Crippen MR) is 107 cm³/mol. The Labute approximate surface area is 169 Å². The maximum atomic E-state index is 14.1. The van der Waals surface area contributed by atoms with E-state index in [9.17, 15) is 22.4 Å². The van der Waals surface area contributed by atoms with Gasteiger partial charge in [-0.3, -0.25) is 4.79 Å². The quantitative estimate of drug-likeness (QED) is 0.723. The molecule has 0 aliphatic rings. The second-order valence-electron chi connectivity index (χ2n) is 6.78. The summed E-state index contributed by atoms with van der Waals surface area (Å²) in [5.74, 6) is -2.68. The van der Waals surface area contributed by atoms with E-state index < -0.39 is 39.4 Å². The lowest BCUT2D eigenvalue weighted by molar-refractivity contribution is -0.123.